The fraction of sp³-hybridized carbons (Fsp3) is 0.538. The zero-order valence-electron chi connectivity index (χ0n) is 11.1. The molecule has 0 aliphatic heterocycles. The van der Waals surface area contributed by atoms with Crippen LogP contribution in [0.5, 0.6) is 5.75 Å². The molecule has 1 aliphatic rings. The molecule has 8 heteroatoms. The van der Waals surface area contributed by atoms with E-state index >= 15 is 0 Å². The molecule has 0 saturated heterocycles. The van der Waals surface area contributed by atoms with Gasteiger partial charge in [0, 0.05) is 17.8 Å². The second-order valence-electron chi connectivity index (χ2n) is 5.06. The standard InChI is InChI=1S/C13H14F3NO4/c1-7(13(14,15)16)21-10-5-9(11(18)19)17-6-8(10)12(20)3-2-4-12/h5-7,20H,2-4H2,1H3,(H,18,19)/t7-/m0/s1. The molecular weight excluding hydrogens is 291 g/mol. The third-order valence-corrected chi connectivity index (χ3v) is 3.53. The van der Waals surface area contributed by atoms with Crippen LogP contribution in [0.15, 0.2) is 12.3 Å². The lowest BCUT2D eigenvalue weighted by molar-refractivity contribution is -0.190. The number of carboxylic acids is 1. The average Bonchev–Trinajstić information content (AvgIpc) is 2.34. The van der Waals surface area contributed by atoms with Gasteiger partial charge in [-0.25, -0.2) is 9.78 Å². The van der Waals surface area contributed by atoms with E-state index in [2.05, 4.69) is 4.98 Å². The first-order valence-electron chi connectivity index (χ1n) is 6.33. The van der Waals surface area contributed by atoms with E-state index in [1.807, 2.05) is 0 Å². The van der Waals surface area contributed by atoms with E-state index in [1.165, 1.54) is 0 Å². The Balaban J connectivity index is 2.39. The fourth-order valence-electron chi connectivity index (χ4n) is 2.04. The van der Waals surface area contributed by atoms with Crippen molar-refractivity contribution in [1.82, 2.24) is 4.98 Å². The van der Waals surface area contributed by atoms with Crippen molar-refractivity contribution in [1.29, 1.82) is 0 Å². The number of aliphatic hydroxyl groups is 1. The predicted octanol–water partition coefficient (Wildman–Crippen LogP) is 2.48. The molecule has 1 aromatic rings. The summed E-state index contributed by atoms with van der Waals surface area (Å²) in [6.07, 6.45) is -4.17. The Bertz CT molecular complexity index is 555. The van der Waals surface area contributed by atoms with Crippen LogP contribution in [0.3, 0.4) is 0 Å². The Morgan fingerprint density at radius 1 is 1.48 bits per heavy atom. The highest BCUT2D eigenvalue weighted by molar-refractivity contribution is 5.85. The molecule has 1 aliphatic carbocycles. The molecular formula is C13H14F3NO4. The number of aromatic nitrogens is 1. The van der Waals surface area contributed by atoms with E-state index in [0.717, 1.165) is 25.6 Å². The maximum Gasteiger partial charge on any atom is 0.425 e. The summed E-state index contributed by atoms with van der Waals surface area (Å²) in [6.45, 7) is 0.815. The first-order valence-corrected chi connectivity index (χ1v) is 6.33. The summed E-state index contributed by atoms with van der Waals surface area (Å²) in [5, 5.41) is 19.1. The summed E-state index contributed by atoms with van der Waals surface area (Å²) in [5.74, 6) is -1.68. The Kier molecular flexibility index (Phi) is 3.83. The highest BCUT2D eigenvalue weighted by Crippen LogP contribution is 2.45. The summed E-state index contributed by atoms with van der Waals surface area (Å²) in [7, 11) is 0. The molecule has 2 rings (SSSR count). The number of hydrogen-bond acceptors (Lipinski definition) is 4. The van der Waals surface area contributed by atoms with E-state index in [-0.39, 0.29) is 11.3 Å². The van der Waals surface area contributed by atoms with Gasteiger partial charge in [-0.15, -0.1) is 0 Å². The van der Waals surface area contributed by atoms with Gasteiger partial charge in [-0.2, -0.15) is 13.2 Å². The monoisotopic (exact) mass is 305 g/mol. The molecule has 5 nitrogen and oxygen atoms in total. The molecule has 1 atom stereocenters. The number of nitrogens with zero attached hydrogens (tertiary/aromatic N) is 1. The summed E-state index contributed by atoms with van der Waals surface area (Å²) in [4.78, 5) is 14.5. The quantitative estimate of drug-likeness (QED) is 0.893. The van der Waals surface area contributed by atoms with Gasteiger partial charge in [0.2, 0.25) is 0 Å². The van der Waals surface area contributed by atoms with Crippen molar-refractivity contribution in [2.45, 2.75) is 44.1 Å². The molecule has 0 spiro atoms. The van der Waals surface area contributed by atoms with Crippen LogP contribution in [-0.4, -0.2) is 33.4 Å². The SMILES string of the molecule is C[C@H](Oc1cc(C(=O)O)ncc1C1(O)CCC1)C(F)(F)F. The van der Waals surface area contributed by atoms with Crippen LogP contribution in [-0.2, 0) is 5.60 Å². The van der Waals surface area contributed by atoms with E-state index in [9.17, 15) is 23.1 Å². The first kappa shape index (κ1) is 15.6. The molecule has 0 bridgehead atoms. The van der Waals surface area contributed by atoms with Gasteiger partial charge in [0.1, 0.15) is 5.75 Å². The largest absolute Gasteiger partial charge is 0.481 e. The lowest BCUT2D eigenvalue weighted by Crippen LogP contribution is -2.36. The minimum absolute atomic E-state index is 0.0925. The topological polar surface area (TPSA) is 79.7 Å². The van der Waals surface area contributed by atoms with Crippen LogP contribution in [0.2, 0.25) is 0 Å². The van der Waals surface area contributed by atoms with Crippen LogP contribution >= 0.6 is 0 Å². The summed E-state index contributed by atoms with van der Waals surface area (Å²) in [6, 6.07) is 0.913. The molecule has 0 radical (unpaired) electrons. The Hall–Kier alpha value is -1.83. The van der Waals surface area contributed by atoms with E-state index < -0.39 is 29.5 Å². The fourth-order valence-corrected chi connectivity index (χ4v) is 2.04. The minimum atomic E-state index is -4.59. The number of carboxylic acid groups (broad SMARTS) is 1. The van der Waals surface area contributed by atoms with Crippen LogP contribution in [0, 0.1) is 0 Å². The van der Waals surface area contributed by atoms with Gasteiger partial charge in [-0.05, 0) is 26.2 Å². The lowest BCUT2D eigenvalue weighted by atomic mass is 9.75. The normalized spacial score (nSPS) is 18.7. The number of carbonyl (C=O) groups is 1. The summed E-state index contributed by atoms with van der Waals surface area (Å²) in [5.41, 5.74) is -1.65. The maximum atomic E-state index is 12.6. The summed E-state index contributed by atoms with van der Waals surface area (Å²) < 4.78 is 42.6. The second kappa shape index (κ2) is 5.18. The zero-order chi connectivity index (χ0) is 15.8. The van der Waals surface area contributed by atoms with Gasteiger partial charge in [-0.1, -0.05) is 0 Å². The third-order valence-electron chi connectivity index (χ3n) is 3.53. The van der Waals surface area contributed by atoms with Gasteiger partial charge in [-0.3, -0.25) is 0 Å². The predicted molar refractivity (Wildman–Crippen MR) is 65.1 cm³/mol. The van der Waals surface area contributed by atoms with Gasteiger partial charge < -0.3 is 14.9 Å². The van der Waals surface area contributed by atoms with Crippen molar-refractivity contribution in [2.75, 3.05) is 0 Å². The van der Waals surface area contributed by atoms with Crippen LogP contribution in [0.4, 0.5) is 13.2 Å². The second-order valence-corrected chi connectivity index (χ2v) is 5.06. The maximum absolute atomic E-state index is 12.6. The van der Waals surface area contributed by atoms with Crippen molar-refractivity contribution in [3.63, 3.8) is 0 Å². The summed E-state index contributed by atoms with van der Waals surface area (Å²) >= 11 is 0. The van der Waals surface area contributed by atoms with Crippen LogP contribution in [0.25, 0.3) is 0 Å². The van der Waals surface area contributed by atoms with E-state index in [4.69, 9.17) is 9.84 Å². The number of aromatic carboxylic acids is 1. The highest BCUT2D eigenvalue weighted by Gasteiger charge is 2.42. The Morgan fingerprint density at radius 3 is 2.52 bits per heavy atom. The number of halogens is 3. The van der Waals surface area contributed by atoms with Gasteiger partial charge in [0.15, 0.2) is 11.8 Å². The van der Waals surface area contributed by atoms with Crippen molar-refractivity contribution < 1.29 is 32.9 Å². The average molecular weight is 305 g/mol. The number of rotatable bonds is 4. The molecule has 1 saturated carbocycles. The Labute approximate surface area is 118 Å². The molecule has 116 valence electrons. The van der Waals surface area contributed by atoms with E-state index in [0.29, 0.717) is 12.8 Å². The number of hydrogen-bond donors (Lipinski definition) is 2. The lowest BCUT2D eigenvalue weighted by Gasteiger charge is -2.38. The first-order chi connectivity index (χ1) is 9.63. The van der Waals surface area contributed by atoms with Crippen LogP contribution < -0.4 is 4.74 Å². The minimum Gasteiger partial charge on any atom is -0.481 e. The molecule has 1 aromatic heterocycles. The van der Waals surface area contributed by atoms with Crippen molar-refractivity contribution in [2.24, 2.45) is 0 Å². The molecule has 0 unspecified atom stereocenters. The molecule has 0 amide bonds. The molecule has 1 heterocycles. The van der Waals surface area contributed by atoms with Crippen molar-refractivity contribution >= 4 is 5.97 Å². The molecule has 1 fully saturated rings. The Morgan fingerprint density at radius 2 is 2.10 bits per heavy atom. The van der Waals surface area contributed by atoms with Crippen molar-refractivity contribution in [3.05, 3.63) is 23.5 Å². The third kappa shape index (κ3) is 3.10. The van der Waals surface area contributed by atoms with Gasteiger partial charge in [0.05, 0.1) is 5.60 Å². The molecule has 0 aromatic carbocycles. The molecule has 21 heavy (non-hydrogen) atoms. The zero-order valence-corrected chi connectivity index (χ0v) is 11.1. The molecule has 2 N–H and O–H groups in total. The van der Waals surface area contributed by atoms with E-state index in [1.54, 1.807) is 0 Å². The van der Waals surface area contributed by atoms with Gasteiger partial charge >= 0.3 is 12.1 Å². The van der Waals surface area contributed by atoms with Crippen LogP contribution in [0.1, 0.15) is 42.2 Å². The van der Waals surface area contributed by atoms with Crippen molar-refractivity contribution in [3.8, 4) is 5.75 Å². The smallest absolute Gasteiger partial charge is 0.425 e. The highest BCUT2D eigenvalue weighted by atomic mass is 19.4. The number of ether oxygens (including phenoxy) is 1. The van der Waals surface area contributed by atoms with Gasteiger partial charge in [0.25, 0.3) is 0 Å². The number of alkyl halides is 3. The number of pyridine rings is 1.